The molecule has 0 aliphatic heterocycles. The summed E-state index contributed by atoms with van der Waals surface area (Å²) < 4.78 is 0. The van der Waals surface area contributed by atoms with Crippen molar-refractivity contribution >= 4 is 5.69 Å². The van der Waals surface area contributed by atoms with Gasteiger partial charge in [0.05, 0.1) is 5.69 Å². The van der Waals surface area contributed by atoms with E-state index in [4.69, 9.17) is 0 Å². The lowest BCUT2D eigenvalue weighted by Crippen LogP contribution is -2.35. The molecule has 1 fully saturated rings. The van der Waals surface area contributed by atoms with E-state index in [9.17, 15) is 0 Å². The first-order valence-electron chi connectivity index (χ1n) is 6.96. The van der Waals surface area contributed by atoms with E-state index in [0.717, 1.165) is 24.8 Å². The maximum atomic E-state index is 4.45. The molecule has 3 heteroatoms. The Labute approximate surface area is 111 Å². The fraction of sp³-hybridized carbons (Fsp3) is 0.667. The van der Waals surface area contributed by atoms with Crippen molar-refractivity contribution in [3.05, 3.63) is 24.0 Å². The molecule has 0 radical (unpaired) electrons. The molecule has 1 aliphatic carbocycles. The average Bonchev–Trinajstić information content (AvgIpc) is 3.12. The second-order valence-electron chi connectivity index (χ2n) is 6.13. The first kappa shape index (κ1) is 13.3. The van der Waals surface area contributed by atoms with Crippen molar-refractivity contribution in [1.82, 2.24) is 10.3 Å². The third-order valence-corrected chi connectivity index (χ3v) is 3.26. The molecular formula is C15H25N3. The van der Waals surface area contributed by atoms with E-state index < -0.39 is 0 Å². The quantitative estimate of drug-likeness (QED) is 0.867. The van der Waals surface area contributed by atoms with Crippen LogP contribution in [0.2, 0.25) is 0 Å². The van der Waals surface area contributed by atoms with Gasteiger partial charge in [-0.05, 0) is 52.7 Å². The highest BCUT2D eigenvalue weighted by Gasteiger charge is 2.28. The standard InChI is InChI=1S/C15H25N3/c1-5-18(13-6-7-13)14-8-9-16-12(10-14)11-17-15(2,3)4/h8-10,13,17H,5-7,11H2,1-4H3. The minimum Gasteiger partial charge on any atom is -0.369 e. The Balaban J connectivity index is 2.04. The number of hydrogen-bond acceptors (Lipinski definition) is 3. The summed E-state index contributed by atoms with van der Waals surface area (Å²) in [5, 5.41) is 3.49. The molecule has 1 saturated carbocycles. The summed E-state index contributed by atoms with van der Waals surface area (Å²) >= 11 is 0. The number of nitrogens with one attached hydrogen (secondary N) is 1. The number of anilines is 1. The number of nitrogens with zero attached hydrogens (tertiary/aromatic N) is 2. The van der Waals surface area contributed by atoms with Gasteiger partial charge >= 0.3 is 0 Å². The fourth-order valence-corrected chi connectivity index (χ4v) is 2.13. The normalized spacial score (nSPS) is 15.8. The van der Waals surface area contributed by atoms with Crippen molar-refractivity contribution in [2.75, 3.05) is 11.4 Å². The van der Waals surface area contributed by atoms with Gasteiger partial charge < -0.3 is 10.2 Å². The van der Waals surface area contributed by atoms with Crippen molar-refractivity contribution in [3.63, 3.8) is 0 Å². The molecule has 1 aromatic rings. The molecule has 0 spiro atoms. The largest absolute Gasteiger partial charge is 0.369 e. The molecular weight excluding hydrogens is 222 g/mol. The molecule has 0 unspecified atom stereocenters. The lowest BCUT2D eigenvalue weighted by atomic mass is 10.1. The van der Waals surface area contributed by atoms with Gasteiger partial charge in [-0.15, -0.1) is 0 Å². The van der Waals surface area contributed by atoms with Crippen LogP contribution in [0.25, 0.3) is 0 Å². The number of pyridine rings is 1. The highest BCUT2D eigenvalue weighted by atomic mass is 15.2. The molecule has 3 nitrogen and oxygen atoms in total. The van der Waals surface area contributed by atoms with E-state index in [1.54, 1.807) is 0 Å². The molecule has 0 atom stereocenters. The summed E-state index contributed by atoms with van der Waals surface area (Å²) in [7, 11) is 0. The highest BCUT2D eigenvalue weighted by molar-refractivity contribution is 5.48. The first-order chi connectivity index (χ1) is 8.49. The van der Waals surface area contributed by atoms with Gasteiger partial charge in [-0.25, -0.2) is 0 Å². The van der Waals surface area contributed by atoms with Crippen LogP contribution in [0.5, 0.6) is 0 Å². The van der Waals surface area contributed by atoms with Crippen LogP contribution in [0.4, 0.5) is 5.69 Å². The Bertz CT molecular complexity index is 391. The van der Waals surface area contributed by atoms with E-state index >= 15 is 0 Å². The van der Waals surface area contributed by atoms with Gasteiger partial charge in [0.2, 0.25) is 0 Å². The number of hydrogen-bond donors (Lipinski definition) is 1. The van der Waals surface area contributed by atoms with E-state index in [0.29, 0.717) is 0 Å². The summed E-state index contributed by atoms with van der Waals surface area (Å²) in [5.41, 5.74) is 2.58. The van der Waals surface area contributed by atoms with E-state index in [1.165, 1.54) is 18.5 Å². The molecule has 0 saturated heterocycles. The van der Waals surface area contributed by atoms with Crippen molar-refractivity contribution in [1.29, 1.82) is 0 Å². The summed E-state index contributed by atoms with van der Waals surface area (Å²) in [6.07, 6.45) is 4.61. The zero-order valence-corrected chi connectivity index (χ0v) is 12.0. The molecule has 1 N–H and O–H groups in total. The summed E-state index contributed by atoms with van der Waals surface area (Å²) in [6, 6.07) is 5.11. The highest BCUT2D eigenvalue weighted by Crippen LogP contribution is 2.31. The van der Waals surface area contributed by atoms with Gasteiger partial charge in [-0.1, -0.05) is 0 Å². The SMILES string of the molecule is CCN(c1ccnc(CNC(C)(C)C)c1)C1CC1. The van der Waals surface area contributed by atoms with Crippen LogP contribution >= 0.6 is 0 Å². The molecule has 1 aliphatic rings. The van der Waals surface area contributed by atoms with Crippen molar-refractivity contribution in [2.24, 2.45) is 0 Å². The molecule has 18 heavy (non-hydrogen) atoms. The Kier molecular flexibility index (Phi) is 3.91. The Morgan fingerprint density at radius 3 is 2.67 bits per heavy atom. The van der Waals surface area contributed by atoms with Gasteiger partial charge in [-0.2, -0.15) is 0 Å². The molecule has 1 aromatic heterocycles. The van der Waals surface area contributed by atoms with Crippen LogP contribution in [-0.2, 0) is 6.54 Å². The van der Waals surface area contributed by atoms with Gasteiger partial charge in [0.15, 0.2) is 0 Å². The van der Waals surface area contributed by atoms with Crippen LogP contribution in [0, 0.1) is 0 Å². The van der Waals surface area contributed by atoms with Crippen LogP contribution in [0.15, 0.2) is 18.3 Å². The number of aromatic nitrogens is 1. The molecule has 0 bridgehead atoms. The fourth-order valence-electron chi connectivity index (χ4n) is 2.13. The Hall–Kier alpha value is -1.09. The second-order valence-corrected chi connectivity index (χ2v) is 6.13. The van der Waals surface area contributed by atoms with E-state index in [1.807, 2.05) is 6.20 Å². The van der Waals surface area contributed by atoms with E-state index in [-0.39, 0.29) is 5.54 Å². The smallest absolute Gasteiger partial charge is 0.0562 e. The topological polar surface area (TPSA) is 28.2 Å². The Morgan fingerprint density at radius 1 is 1.39 bits per heavy atom. The summed E-state index contributed by atoms with van der Waals surface area (Å²) in [4.78, 5) is 6.94. The van der Waals surface area contributed by atoms with Crippen LogP contribution < -0.4 is 10.2 Å². The lowest BCUT2D eigenvalue weighted by molar-refractivity contribution is 0.421. The van der Waals surface area contributed by atoms with Gasteiger partial charge in [-0.3, -0.25) is 4.98 Å². The van der Waals surface area contributed by atoms with Gasteiger partial charge in [0.1, 0.15) is 0 Å². The predicted octanol–water partition coefficient (Wildman–Crippen LogP) is 2.96. The molecule has 0 amide bonds. The molecule has 100 valence electrons. The third-order valence-electron chi connectivity index (χ3n) is 3.26. The molecule has 2 rings (SSSR count). The predicted molar refractivity (Wildman–Crippen MR) is 76.9 cm³/mol. The maximum absolute atomic E-state index is 4.45. The zero-order chi connectivity index (χ0) is 13.2. The van der Waals surface area contributed by atoms with Crippen molar-refractivity contribution < 1.29 is 0 Å². The lowest BCUT2D eigenvalue weighted by Gasteiger charge is -2.24. The van der Waals surface area contributed by atoms with Crippen LogP contribution in [0.1, 0.15) is 46.2 Å². The van der Waals surface area contributed by atoms with Gasteiger partial charge in [0.25, 0.3) is 0 Å². The van der Waals surface area contributed by atoms with Crippen molar-refractivity contribution in [3.8, 4) is 0 Å². The average molecular weight is 247 g/mol. The summed E-state index contributed by atoms with van der Waals surface area (Å²) in [6.45, 7) is 10.7. The molecule has 0 aromatic carbocycles. The first-order valence-corrected chi connectivity index (χ1v) is 6.96. The van der Waals surface area contributed by atoms with Crippen LogP contribution in [0.3, 0.4) is 0 Å². The summed E-state index contributed by atoms with van der Waals surface area (Å²) in [5.74, 6) is 0. The van der Waals surface area contributed by atoms with Crippen LogP contribution in [-0.4, -0.2) is 23.1 Å². The van der Waals surface area contributed by atoms with E-state index in [2.05, 4.69) is 55.0 Å². The second kappa shape index (κ2) is 5.27. The maximum Gasteiger partial charge on any atom is 0.0562 e. The molecule has 1 heterocycles. The third kappa shape index (κ3) is 3.70. The van der Waals surface area contributed by atoms with Gasteiger partial charge in [0, 0.05) is 36.6 Å². The monoisotopic (exact) mass is 247 g/mol. The number of rotatable bonds is 5. The Morgan fingerprint density at radius 2 is 2.11 bits per heavy atom. The minimum absolute atomic E-state index is 0.138. The zero-order valence-electron chi connectivity index (χ0n) is 12.0. The van der Waals surface area contributed by atoms with Crippen molar-refractivity contribution in [2.45, 2.75) is 58.7 Å². The minimum atomic E-state index is 0.138.